The number of carbonyl (C=O) groups excluding carboxylic acids is 2. The lowest BCUT2D eigenvalue weighted by atomic mass is 10.1. The van der Waals surface area contributed by atoms with Crippen molar-refractivity contribution in [2.75, 3.05) is 18.9 Å². The first kappa shape index (κ1) is 20.7. The van der Waals surface area contributed by atoms with Crippen molar-refractivity contribution in [3.63, 3.8) is 0 Å². The Labute approximate surface area is 163 Å². The Morgan fingerprint density at radius 3 is 2.72 bits per heavy atom. The van der Waals surface area contributed by atoms with Crippen molar-refractivity contribution >= 4 is 29.1 Å². The van der Waals surface area contributed by atoms with Crippen molar-refractivity contribution in [2.24, 2.45) is 0 Å². The van der Waals surface area contributed by atoms with Crippen molar-refractivity contribution in [1.82, 2.24) is 19.1 Å². The van der Waals surface area contributed by atoms with Crippen LogP contribution in [0.25, 0.3) is 11.2 Å². The quantitative estimate of drug-likeness (QED) is 0.556. The molecule has 2 aromatic heterocycles. The van der Waals surface area contributed by atoms with E-state index in [0.29, 0.717) is 0 Å². The van der Waals surface area contributed by atoms with E-state index in [1.165, 1.54) is 6.20 Å². The lowest BCUT2D eigenvalue weighted by Crippen LogP contribution is -2.37. The highest BCUT2D eigenvalue weighted by molar-refractivity contribution is 5.72. The maximum atomic E-state index is 15.0. The molecule has 0 amide bonds. The van der Waals surface area contributed by atoms with Gasteiger partial charge < -0.3 is 25.1 Å². The third kappa shape index (κ3) is 3.91. The number of aliphatic hydroxyl groups excluding tert-OH is 1. The van der Waals surface area contributed by atoms with Crippen LogP contribution in [0.5, 0.6) is 0 Å². The minimum absolute atomic E-state index is 0.0124. The number of anilines is 1. The molecule has 2 aromatic rings. The lowest BCUT2D eigenvalue weighted by molar-refractivity contribution is -0.154. The molecule has 3 heterocycles. The van der Waals surface area contributed by atoms with Crippen LogP contribution in [-0.2, 0) is 30.3 Å². The van der Waals surface area contributed by atoms with E-state index in [9.17, 15) is 23.9 Å². The number of esters is 2. The molecule has 0 aromatic carbocycles. The summed E-state index contributed by atoms with van der Waals surface area (Å²) in [5.74, 6) is -1.59. The van der Waals surface area contributed by atoms with Crippen molar-refractivity contribution in [3.8, 4) is 0 Å². The highest BCUT2D eigenvalue weighted by atomic mass is 19.1. The van der Waals surface area contributed by atoms with Crippen molar-refractivity contribution in [1.29, 1.82) is 0 Å². The summed E-state index contributed by atoms with van der Waals surface area (Å²) in [6.07, 6.45) is -4.79. The van der Waals surface area contributed by atoms with Gasteiger partial charge in [-0.1, -0.05) is 0 Å². The Morgan fingerprint density at radius 1 is 1.38 bits per heavy atom. The van der Waals surface area contributed by atoms with Crippen molar-refractivity contribution in [3.05, 3.63) is 16.7 Å². The molecule has 1 fully saturated rings. The van der Waals surface area contributed by atoms with Gasteiger partial charge in [0.2, 0.25) is 5.95 Å². The molecule has 13 heteroatoms. The first-order chi connectivity index (χ1) is 13.7. The van der Waals surface area contributed by atoms with Crippen LogP contribution in [0.1, 0.15) is 20.1 Å². The molecule has 3 rings (SSSR count). The van der Waals surface area contributed by atoms with Crippen LogP contribution in [0.3, 0.4) is 0 Å². The molecule has 29 heavy (non-hydrogen) atoms. The summed E-state index contributed by atoms with van der Waals surface area (Å²) in [6.45, 7) is 1.35. The third-order valence-corrected chi connectivity index (χ3v) is 4.32. The number of nitrogens with zero attached hydrogens (tertiary/aromatic N) is 4. The molecule has 12 nitrogen and oxygen atoms in total. The Hall–Kier alpha value is -3.06. The maximum absolute atomic E-state index is 15.0. The van der Waals surface area contributed by atoms with Crippen LogP contribution >= 0.6 is 0 Å². The van der Waals surface area contributed by atoms with Crippen LogP contribution in [-0.4, -0.2) is 67.7 Å². The van der Waals surface area contributed by atoms with Crippen LogP contribution < -0.4 is 11.4 Å². The fourth-order valence-electron chi connectivity index (χ4n) is 3.17. The number of imidazole rings is 1. The molecule has 0 radical (unpaired) electrons. The van der Waals surface area contributed by atoms with Gasteiger partial charge in [0.15, 0.2) is 24.2 Å². The zero-order chi connectivity index (χ0) is 21.3. The van der Waals surface area contributed by atoms with E-state index in [-0.39, 0.29) is 30.3 Å². The minimum Gasteiger partial charge on any atom is -0.463 e. The van der Waals surface area contributed by atoms with Crippen molar-refractivity contribution < 1.29 is 33.3 Å². The number of ether oxygens (including phenoxy) is 3. The van der Waals surface area contributed by atoms with E-state index < -0.39 is 48.8 Å². The van der Waals surface area contributed by atoms with E-state index in [1.54, 1.807) is 0 Å². The molecule has 3 N–H and O–H groups in total. The van der Waals surface area contributed by atoms with E-state index in [2.05, 4.69) is 9.97 Å². The van der Waals surface area contributed by atoms with Gasteiger partial charge in [-0.15, -0.1) is 0 Å². The Morgan fingerprint density at radius 2 is 2.10 bits per heavy atom. The molecule has 4 atom stereocenters. The van der Waals surface area contributed by atoms with Crippen LogP contribution in [0.2, 0.25) is 0 Å². The number of aliphatic hydroxyl groups is 1. The zero-order valence-electron chi connectivity index (χ0n) is 15.6. The first-order valence-corrected chi connectivity index (χ1v) is 8.68. The standard InChI is InChI=1S/C16H20FN5O7/c1-7(24)27-6-10-11(17)12(28-8(2)25)14(29-10)22-13-9(5-19-15(18)20-13)21(3-4-23)16(22)26/h5,10-12,14,23H,3-4,6H2,1-2H3,(H2,18,19,20)/t10-,11-,12-,14-/m1/s1. The zero-order valence-corrected chi connectivity index (χ0v) is 15.6. The summed E-state index contributed by atoms with van der Waals surface area (Å²) in [5.41, 5.74) is 5.16. The molecular formula is C16H20FN5O7. The van der Waals surface area contributed by atoms with E-state index in [0.717, 1.165) is 23.0 Å². The number of hydrogen-bond donors (Lipinski definition) is 2. The molecule has 1 aliphatic rings. The molecule has 1 saturated heterocycles. The van der Waals surface area contributed by atoms with Gasteiger partial charge in [0.1, 0.15) is 18.2 Å². The molecule has 1 aliphatic heterocycles. The van der Waals surface area contributed by atoms with Gasteiger partial charge in [-0.05, 0) is 0 Å². The van der Waals surface area contributed by atoms with E-state index in [4.69, 9.17) is 19.9 Å². The number of hydrogen-bond acceptors (Lipinski definition) is 10. The number of nitrogens with two attached hydrogens (primary N) is 1. The summed E-state index contributed by atoms with van der Waals surface area (Å²) in [7, 11) is 0. The fourth-order valence-corrected chi connectivity index (χ4v) is 3.17. The van der Waals surface area contributed by atoms with Gasteiger partial charge in [0.05, 0.1) is 19.3 Å². The summed E-state index contributed by atoms with van der Waals surface area (Å²) in [6, 6.07) is 0. The number of alkyl halides is 1. The summed E-state index contributed by atoms with van der Waals surface area (Å²) in [4.78, 5) is 43.4. The average molecular weight is 413 g/mol. The number of fused-ring (bicyclic) bond motifs is 1. The largest absolute Gasteiger partial charge is 0.463 e. The Bertz CT molecular complexity index is 990. The van der Waals surface area contributed by atoms with Gasteiger partial charge in [-0.25, -0.2) is 18.7 Å². The lowest BCUT2D eigenvalue weighted by Gasteiger charge is -2.19. The predicted octanol–water partition coefficient (Wildman–Crippen LogP) is -1.10. The Kier molecular flexibility index (Phi) is 5.79. The summed E-state index contributed by atoms with van der Waals surface area (Å²) in [5, 5.41) is 9.27. The van der Waals surface area contributed by atoms with Gasteiger partial charge in [-0.2, -0.15) is 4.98 Å². The number of carbonyl (C=O) groups is 2. The number of halogens is 1. The van der Waals surface area contributed by atoms with Crippen molar-refractivity contribution in [2.45, 2.75) is 45.0 Å². The monoisotopic (exact) mass is 413 g/mol. The second-order valence-electron chi connectivity index (χ2n) is 6.35. The SMILES string of the molecule is CC(=O)OC[C@H]1O[C@@H](n2c(=O)n(CCO)c3cnc(N)nc32)[C@H](OC(C)=O)[C@@H]1F. The summed E-state index contributed by atoms with van der Waals surface area (Å²) >= 11 is 0. The smallest absolute Gasteiger partial charge is 0.332 e. The minimum atomic E-state index is -1.88. The first-order valence-electron chi connectivity index (χ1n) is 8.68. The molecule has 0 spiro atoms. The normalized spacial score (nSPS) is 24.0. The average Bonchev–Trinajstić information content (AvgIpc) is 3.08. The fraction of sp³-hybridized carbons (Fsp3) is 0.562. The molecule has 158 valence electrons. The van der Waals surface area contributed by atoms with Crippen LogP contribution in [0.4, 0.5) is 10.3 Å². The Balaban J connectivity index is 2.11. The van der Waals surface area contributed by atoms with Gasteiger partial charge in [0, 0.05) is 13.8 Å². The molecule has 0 aliphatic carbocycles. The van der Waals surface area contributed by atoms with Gasteiger partial charge in [0.25, 0.3) is 0 Å². The predicted molar refractivity (Wildman–Crippen MR) is 94.3 cm³/mol. The second-order valence-corrected chi connectivity index (χ2v) is 6.35. The highest BCUT2D eigenvalue weighted by Crippen LogP contribution is 2.35. The topological polar surface area (TPSA) is 161 Å². The summed E-state index contributed by atoms with van der Waals surface area (Å²) < 4.78 is 32.6. The molecule has 0 unspecified atom stereocenters. The number of aromatic nitrogens is 4. The molecule has 0 saturated carbocycles. The highest BCUT2D eigenvalue weighted by Gasteiger charge is 2.50. The molecule has 0 bridgehead atoms. The second kappa shape index (κ2) is 8.13. The van der Waals surface area contributed by atoms with E-state index >= 15 is 0 Å². The number of nitrogen functional groups attached to an aromatic ring is 1. The van der Waals surface area contributed by atoms with Gasteiger partial charge in [-0.3, -0.25) is 14.2 Å². The maximum Gasteiger partial charge on any atom is 0.332 e. The van der Waals surface area contributed by atoms with Crippen LogP contribution in [0.15, 0.2) is 11.0 Å². The van der Waals surface area contributed by atoms with E-state index in [1.807, 2.05) is 0 Å². The third-order valence-electron chi connectivity index (χ3n) is 4.32. The molecular weight excluding hydrogens is 393 g/mol. The van der Waals surface area contributed by atoms with Gasteiger partial charge >= 0.3 is 17.6 Å². The van der Waals surface area contributed by atoms with Crippen LogP contribution in [0, 0.1) is 0 Å². The number of rotatable bonds is 6.